The number of para-hydroxylation sites is 1. The number of nitrogens with zero attached hydrogens (tertiary/aromatic N) is 2. The number of hydrogen-bond acceptors (Lipinski definition) is 5. The lowest BCUT2D eigenvalue weighted by atomic mass is 9.99. The summed E-state index contributed by atoms with van der Waals surface area (Å²) in [6, 6.07) is 16.6. The summed E-state index contributed by atoms with van der Waals surface area (Å²) < 4.78 is 4.75. The second-order valence-electron chi connectivity index (χ2n) is 7.74. The second kappa shape index (κ2) is 8.53. The van der Waals surface area contributed by atoms with Crippen molar-refractivity contribution in [2.24, 2.45) is 5.92 Å². The van der Waals surface area contributed by atoms with Crippen LogP contribution in [0.4, 0.5) is 11.4 Å². The van der Waals surface area contributed by atoms with Crippen molar-refractivity contribution >= 4 is 34.2 Å². The molecule has 2 aromatic carbocycles. The number of nitrogens with one attached hydrogen (secondary N) is 1. The van der Waals surface area contributed by atoms with Crippen LogP contribution in [0.3, 0.4) is 0 Å². The molecule has 2 heterocycles. The maximum absolute atomic E-state index is 13.1. The van der Waals surface area contributed by atoms with Gasteiger partial charge in [0.05, 0.1) is 23.9 Å². The summed E-state index contributed by atoms with van der Waals surface area (Å²) in [6.07, 6.45) is 2.05. The van der Waals surface area contributed by atoms with E-state index in [9.17, 15) is 9.59 Å². The molecule has 1 saturated heterocycles. The summed E-state index contributed by atoms with van der Waals surface area (Å²) in [6.45, 7) is 3.77. The number of carbonyl (C=O) groups is 2. The Kier molecular flexibility index (Phi) is 5.65. The van der Waals surface area contributed by atoms with Gasteiger partial charge in [0.15, 0.2) is 0 Å². The first-order chi connectivity index (χ1) is 14.5. The van der Waals surface area contributed by atoms with Gasteiger partial charge in [0.2, 0.25) is 0 Å². The summed E-state index contributed by atoms with van der Waals surface area (Å²) in [5.41, 5.74) is 3.31. The molecule has 0 bridgehead atoms. The fourth-order valence-corrected chi connectivity index (χ4v) is 3.73. The van der Waals surface area contributed by atoms with Crippen molar-refractivity contribution in [1.29, 1.82) is 0 Å². The molecule has 0 aliphatic carbocycles. The van der Waals surface area contributed by atoms with Gasteiger partial charge >= 0.3 is 5.97 Å². The number of ether oxygens (including phenoxy) is 1. The van der Waals surface area contributed by atoms with Crippen LogP contribution in [0.15, 0.2) is 54.6 Å². The highest BCUT2D eigenvalue weighted by molar-refractivity contribution is 6.00. The molecule has 1 aromatic heterocycles. The number of rotatable bonds is 4. The number of esters is 1. The molecule has 1 aliphatic rings. The summed E-state index contributed by atoms with van der Waals surface area (Å²) in [5, 5.41) is 4.30. The van der Waals surface area contributed by atoms with Gasteiger partial charge in [-0.1, -0.05) is 25.1 Å². The van der Waals surface area contributed by atoms with Crippen LogP contribution in [0.2, 0.25) is 0 Å². The van der Waals surface area contributed by atoms with Gasteiger partial charge in [-0.15, -0.1) is 0 Å². The van der Waals surface area contributed by atoms with Crippen LogP contribution in [0.5, 0.6) is 0 Å². The first kappa shape index (κ1) is 19.9. The third-order valence-electron chi connectivity index (χ3n) is 5.59. The minimum Gasteiger partial charge on any atom is -0.465 e. The van der Waals surface area contributed by atoms with E-state index in [-0.39, 0.29) is 11.9 Å². The average molecular weight is 403 g/mol. The number of anilines is 2. The minimum absolute atomic E-state index is 0.0308. The molecule has 154 valence electrons. The molecule has 0 unspecified atom stereocenters. The largest absolute Gasteiger partial charge is 0.465 e. The molecule has 1 aliphatic heterocycles. The van der Waals surface area contributed by atoms with E-state index in [1.807, 2.05) is 47.4 Å². The number of hydrogen-bond donors (Lipinski definition) is 1. The van der Waals surface area contributed by atoms with E-state index in [1.54, 1.807) is 12.1 Å². The minimum atomic E-state index is -0.375. The van der Waals surface area contributed by atoms with Crippen LogP contribution < -0.4 is 5.32 Å². The third kappa shape index (κ3) is 4.13. The van der Waals surface area contributed by atoms with Crippen molar-refractivity contribution in [1.82, 2.24) is 9.88 Å². The van der Waals surface area contributed by atoms with Crippen LogP contribution in [0.1, 0.15) is 40.6 Å². The molecule has 0 radical (unpaired) electrons. The van der Waals surface area contributed by atoms with Crippen molar-refractivity contribution in [3.8, 4) is 0 Å². The summed E-state index contributed by atoms with van der Waals surface area (Å²) in [4.78, 5) is 31.3. The zero-order valence-electron chi connectivity index (χ0n) is 17.2. The smallest absolute Gasteiger partial charge is 0.337 e. The maximum Gasteiger partial charge on any atom is 0.337 e. The van der Waals surface area contributed by atoms with Crippen molar-refractivity contribution in [3.05, 3.63) is 65.9 Å². The first-order valence-corrected chi connectivity index (χ1v) is 10.2. The Morgan fingerprint density at radius 3 is 2.47 bits per heavy atom. The number of carbonyl (C=O) groups excluding carboxylic acids is 2. The summed E-state index contributed by atoms with van der Waals surface area (Å²) in [5.74, 6) is 0.250. The van der Waals surface area contributed by atoms with Crippen LogP contribution >= 0.6 is 0 Å². The lowest BCUT2D eigenvalue weighted by molar-refractivity contribution is 0.0600. The number of aromatic nitrogens is 1. The molecular formula is C24H25N3O3. The van der Waals surface area contributed by atoms with E-state index >= 15 is 0 Å². The highest BCUT2D eigenvalue weighted by Crippen LogP contribution is 2.28. The lowest BCUT2D eigenvalue weighted by Crippen LogP contribution is -2.38. The van der Waals surface area contributed by atoms with Crippen LogP contribution in [-0.4, -0.2) is 42.0 Å². The summed E-state index contributed by atoms with van der Waals surface area (Å²) in [7, 11) is 1.36. The Morgan fingerprint density at radius 2 is 1.77 bits per heavy atom. The van der Waals surface area contributed by atoms with E-state index in [0.717, 1.165) is 48.2 Å². The molecule has 30 heavy (non-hydrogen) atoms. The number of piperidine rings is 1. The van der Waals surface area contributed by atoms with Gasteiger partial charge in [-0.3, -0.25) is 4.79 Å². The van der Waals surface area contributed by atoms with E-state index in [2.05, 4.69) is 17.2 Å². The number of pyridine rings is 1. The van der Waals surface area contributed by atoms with Crippen molar-refractivity contribution < 1.29 is 14.3 Å². The molecular weight excluding hydrogens is 378 g/mol. The Hall–Kier alpha value is -3.41. The van der Waals surface area contributed by atoms with E-state index in [4.69, 9.17) is 4.74 Å². The first-order valence-electron chi connectivity index (χ1n) is 10.2. The Morgan fingerprint density at radius 1 is 1.07 bits per heavy atom. The Labute approximate surface area is 175 Å². The van der Waals surface area contributed by atoms with Gasteiger partial charge in [0.1, 0.15) is 5.69 Å². The number of methoxy groups -OCH3 is 1. The zero-order valence-corrected chi connectivity index (χ0v) is 17.2. The molecule has 1 amide bonds. The van der Waals surface area contributed by atoms with Gasteiger partial charge < -0.3 is 15.0 Å². The SMILES string of the molecule is COC(=O)c1ccc(Nc2cc(C(=O)N3CCC(C)CC3)nc3ccccc23)cc1. The number of fused-ring (bicyclic) bond motifs is 1. The van der Waals surface area contributed by atoms with E-state index in [0.29, 0.717) is 17.2 Å². The zero-order chi connectivity index (χ0) is 21.1. The van der Waals surface area contributed by atoms with E-state index in [1.165, 1.54) is 7.11 Å². The quantitative estimate of drug-likeness (QED) is 0.643. The number of benzene rings is 2. The number of likely N-dealkylation sites (tertiary alicyclic amines) is 1. The van der Waals surface area contributed by atoms with Crippen molar-refractivity contribution in [3.63, 3.8) is 0 Å². The lowest BCUT2D eigenvalue weighted by Gasteiger charge is -2.30. The average Bonchev–Trinajstić information content (AvgIpc) is 2.79. The molecule has 0 atom stereocenters. The van der Waals surface area contributed by atoms with Crippen LogP contribution in [0.25, 0.3) is 10.9 Å². The Balaban J connectivity index is 1.65. The second-order valence-corrected chi connectivity index (χ2v) is 7.74. The molecule has 6 nitrogen and oxygen atoms in total. The molecule has 1 N–H and O–H groups in total. The normalized spacial score (nSPS) is 14.5. The predicted molar refractivity (Wildman–Crippen MR) is 117 cm³/mol. The molecule has 4 rings (SSSR count). The highest BCUT2D eigenvalue weighted by atomic mass is 16.5. The standard InChI is InChI=1S/C24H25N3O3/c1-16-11-13-27(14-12-16)23(28)22-15-21(19-5-3-4-6-20(19)26-22)25-18-9-7-17(8-10-18)24(29)30-2/h3-10,15-16H,11-14H2,1-2H3,(H,25,26). The van der Waals surface area contributed by atoms with Crippen LogP contribution in [0, 0.1) is 5.92 Å². The summed E-state index contributed by atoms with van der Waals surface area (Å²) >= 11 is 0. The highest BCUT2D eigenvalue weighted by Gasteiger charge is 2.23. The molecule has 6 heteroatoms. The fraction of sp³-hybridized carbons (Fsp3) is 0.292. The van der Waals surface area contributed by atoms with Gasteiger partial charge in [-0.25, -0.2) is 9.78 Å². The molecule has 0 saturated carbocycles. The molecule has 3 aromatic rings. The van der Waals surface area contributed by atoms with Crippen molar-refractivity contribution in [2.75, 3.05) is 25.5 Å². The predicted octanol–water partition coefficient (Wildman–Crippen LogP) is 4.64. The van der Waals surface area contributed by atoms with E-state index < -0.39 is 0 Å². The Bertz CT molecular complexity index is 1070. The van der Waals surface area contributed by atoms with Crippen LogP contribution in [-0.2, 0) is 4.74 Å². The topological polar surface area (TPSA) is 71.5 Å². The van der Waals surface area contributed by atoms with Crippen molar-refractivity contribution in [2.45, 2.75) is 19.8 Å². The fourth-order valence-electron chi connectivity index (χ4n) is 3.73. The monoisotopic (exact) mass is 403 g/mol. The maximum atomic E-state index is 13.1. The third-order valence-corrected chi connectivity index (χ3v) is 5.59. The van der Waals surface area contributed by atoms with Gasteiger partial charge in [-0.2, -0.15) is 0 Å². The molecule has 0 spiro atoms. The van der Waals surface area contributed by atoms with Gasteiger partial charge in [-0.05, 0) is 55.2 Å². The van der Waals surface area contributed by atoms with Gasteiger partial charge in [0, 0.05) is 24.2 Å². The number of amides is 1. The van der Waals surface area contributed by atoms with Gasteiger partial charge in [0.25, 0.3) is 5.91 Å². The molecule has 1 fully saturated rings.